The maximum absolute atomic E-state index is 5.90. The maximum atomic E-state index is 5.90. The number of nitrogens with two attached hydrogens (primary N) is 1. The highest BCUT2D eigenvalue weighted by Crippen LogP contribution is 2.34. The Morgan fingerprint density at radius 3 is 2.41 bits per heavy atom. The monoisotopic (exact) mass is 239 g/mol. The second-order valence-corrected chi connectivity index (χ2v) is 5.88. The normalized spacial score (nSPS) is 22.9. The summed E-state index contributed by atoms with van der Waals surface area (Å²) in [5.41, 5.74) is 6.28. The standard InChI is InChI=1S/C14H29N3/c1-4-12(2)17-13(15)16-11-14(3)9-7-5-6-8-10-14/h12H,4-11H2,1-3H3,(H3,15,16,17). The van der Waals surface area contributed by atoms with E-state index < -0.39 is 0 Å². The summed E-state index contributed by atoms with van der Waals surface area (Å²) in [5.74, 6) is 0.616. The van der Waals surface area contributed by atoms with Crippen molar-refractivity contribution < 1.29 is 0 Å². The molecule has 0 amide bonds. The minimum Gasteiger partial charge on any atom is -0.370 e. The maximum Gasteiger partial charge on any atom is 0.188 e. The lowest BCUT2D eigenvalue weighted by Gasteiger charge is -2.26. The van der Waals surface area contributed by atoms with Gasteiger partial charge in [-0.1, -0.05) is 39.5 Å². The Balaban J connectivity index is 2.43. The van der Waals surface area contributed by atoms with E-state index in [-0.39, 0.29) is 0 Å². The molecular weight excluding hydrogens is 210 g/mol. The molecule has 1 unspecified atom stereocenters. The molecular formula is C14H29N3. The van der Waals surface area contributed by atoms with Gasteiger partial charge in [-0.3, -0.25) is 4.99 Å². The molecule has 3 N–H and O–H groups in total. The van der Waals surface area contributed by atoms with Crippen LogP contribution in [0.2, 0.25) is 0 Å². The zero-order valence-corrected chi connectivity index (χ0v) is 11.8. The number of nitrogens with zero attached hydrogens (tertiary/aromatic N) is 1. The minimum absolute atomic E-state index is 0.373. The van der Waals surface area contributed by atoms with Gasteiger partial charge in [-0.2, -0.15) is 0 Å². The van der Waals surface area contributed by atoms with Crippen LogP contribution >= 0.6 is 0 Å². The number of hydrogen-bond acceptors (Lipinski definition) is 1. The lowest BCUT2D eigenvalue weighted by molar-refractivity contribution is 0.289. The molecule has 1 fully saturated rings. The Bertz CT molecular complexity index is 240. The van der Waals surface area contributed by atoms with E-state index in [1.54, 1.807) is 0 Å². The quantitative estimate of drug-likeness (QED) is 0.450. The van der Waals surface area contributed by atoms with Crippen LogP contribution in [0.1, 0.15) is 65.7 Å². The molecule has 1 saturated carbocycles. The Hall–Kier alpha value is -0.730. The van der Waals surface area contributed by atoms with E-state index in [1.165, 1.54) is 38.5 Å². The topological polar surface area (TPSA) is 50.4 Å². The van der Waals surface area contributed by atoms with Crippen LogP contribution in [0.4, 0.5) is 0 Å². The summed E-state index contributed by atoms with van der Waals surface area (Å²) in [6.45, 7) is 7.52. The van der Waals surface area contributed by atoms with E-state index >= 15 is 0 Å². The summed E-state index contributed by atoms with van der Waals surface area (Å²) in [5, 5.41) is 3.23. The number of hydrogen-bond donors (Lipinski definition) is 2. The van der Waals surface area contributed by atoms with Crippen molar-refractivity contribution in [2.24, 2.45) is 16.1 Å². The predicted octanol–water partition coefficient (Wildman–Crippen LogP) is 3.05. The molecule has 0 radical (unpaired) electrons. The molecule has 17 heavy (non-hydrogen) atoms. The fourth-order valence-electron chi connectivity index (χ4n) is 2.42. The molecule has 0 aromatic heterocycles. The minimum atomic E-state index is 0.373. The van der Waals surface area contributed by atoms with Crippen LogP contribution in [0, 0.1) is 5.41 Å². The molecule has 0 saturated heterocycles. The van der Waals surface area contributed by atoms with Crippen molar-refractivity contribution in [1.82, 2.24) is 5.32 Å². The third-order valence-corrected chi connectivity index (χ3v) is 3.95. The van der Waals surface area contributed by atoms with Gasteiger partial charge in [0.1, 0.15) is 0 Å². The van der Waals surface area contributed by atoms with Gasteiger partial charge in [-0.05, 0) is 31.6 Å². The number of nitrogens with one attached hydrogen (secondary N) is 1. The van der Waals surface area contributed by atoms with Gasteiger partial charge in [0.2, 0.25) is 0 Å². The van der Waals surface area contributed by atoms with Gasteiger partial charge in [0, 0.05) is 12.6 Å². The van der Waals surface area contributed by atoms with Crippen LogP contribution in [0.15, 0.2) is 4.99 Å². The smallest absolute Gasteiger partial charge is 0.188 e. The summed E-state index contributed by atoms with van der Waals surface area (Å²) in [7, 11) is 0. The molecule has 1 atom stereocenters. The molecule has 100 valence electrons. The Morgan fingerprint density at radius 1 is 1.29 bits per heavy atom. The lowest BCUT2D eigenvalue weighted by atomic mass is 9.83. The van der Waals surface area contributed by atoms with E-state index in [2.05, 4.69) is 31.1 Å². The first kappa shape index (κ1) is 14.3. The Kier molecular flexibility index (Phi) is 5.79. The Morgan fingerprint density at radius 2 is 1.88 bits per heavy atom. The van der Waals surface area contributed by atoms with E-state index in [0.717, 1.165) is 13.0 Å². The fourth-order valence-corrected chi connectivity index (χ4v) is 2.42. The van der Waals surface area contributed by atoms with Crippen LogP contribution in [0.25, 0.3) is 0 Å². The van der Waals surface area contributed by atoms with Crippen LogP contribution in [-0.2, 0) is 0 Å². The summed E-state index contributed by atoms with van der Waals surface area (Å²) in [6, 6.07) is 0.417. The largest absolute Gasteiger partial charge is 0.370 e. The number of rotatable bonds is 4. The first-order chi connectivity index (χ1) is 8.06. The van der Waals surface area contributed by atoms with Crippen LogP contribution < -0.4 is 11.1 Å². The first-order valence-electron chi connectivity index (χ1n) is 7.12. The van der Waals surface area contributed by atoms with Gasteiger partial charge in [0.15, 0.2) is 5.96 Å². The lowest BCUT2D eigenvalue weighted by Crippen LogP contribution is -2.39. The molecule has 0 spiro atoms. The zero-order chi connectivity index (χ0) is 12.7. The van der Waals surface area contributed by atoms with Crippen molar-refractivity contribution >= 4 is 5.96 Å². The molecule has 0 heterocycles. The second kappa shape index (κ2) is 6.87. The average molecular weight is 239 g/mol. The van der Waals surface area contributed by atoms with Gasteiger partial charge in [-0.25, -0.2) is 0 Å². The average Bonchev–Trinajstić information content (AvgIpc) is 2.52. The predicted molar refractivity (Wildman–Crippen MR) is 75.2 cm³/mol. The van der Waals surface area contributed by atoms with E-state index in [1.807, 2.05) is 0 Å². The van der Waals surface area contributed by atoms with E-state index in [4.69, 9.17) is 5.73 Å². The SMILES string of the molecule is CCC(C)NC(N)=NCC1(C)CCCCCC1. The van der Waals surface area contributed by atoms with Crippen molar-refractivity contribution in [3.05, 3.63) is 0 Å². The van der Waals surface area contributed by atoms with Crippen molar-refractivity contribution in [1.29, 1.82) is 0 Å². The molecule has 3 nitrogen and oxygen atoms in total. The zero-order valence-electron chi connectivity index (χ0n) is 11.8. The van der Waals surface area contributed by atoms with Crippen LogP contribution in [0.5, 0.6) is 0 Å². The van der Waals surface area contributed by atoms with E-state index in [0.29, 0.717) is 17.4 Å². The second-order valence-electron chi connectivity index (χ2n) is 5.88. The van der Waals surface area contributed by atoms with Gasteiger partial charge < -0.3 is 11.1 Å². The summed E-state index contributed by atoms with van der Waals surface area (Å²) in [6.07, 6.45) is 9.16. The van der Waals surface area contributed by atoms with Gasteiger partial charge in [-0.15, -0.1) is 0 Å². The molecule has 1 rings (SSSR count). The van der Waals surface area contributed by atoms with Gasteiger partial charge in [0.05, 0.1) is 0 Å². The van der Waals surface area contributed by atoms with Crippen molar-refractivity contribution in [3.8, 4) is 0 Å². The number of guanidine groups is 1. The first-order valence-corrected chi connectivity index (χ1v) is 7.12. The summed E-state index contributed by atoms with van der Waals surface area (Å²) >= 11 is 0. The molecule has 1 aliphatic carbocycles. The highest BCUT2D eigenvalue weighted by Gasteiger charge is 2.25. The highest BCUT2D eigenvalue weighted by atomic mass is 15.1. The molecule has 0 aromatic carbocycles. The van der Waals surface area contributed by atoms with Gasteiger partial charge >= 0.3 is 0 Å². The third-order valence-electron chi connectivity index (χ3n) is 3.95. The van der Waals surface area contributed by atoms with Crippen LogP contribution in [0.3, 0.4) is 0 Å². The van der Waals surface area contributed by atoms with Crippen molar-refractivity contribution in [2.75, 3.05) is 6.54 Å². The third kappa shape index (κ3) is 5.42. The Labute approximate surface area is 106 Å². The molecule has 0 bridgehead atoms. The summed E-state index contributed by atoms with van der Waals surface area (Å²) in [4.78, 5) is 4.53. The van der Waals surface area contributed by atoms with Crippen molar-refractivity contribution in [3.63, 3.8) is 0 Å². The summed E-state index contributed by atoms with van der Waals surface area (Å²) < 4.78 is 0. The number of aliphatic imine (C=N–C) groups is 1. The molecule has 1 aliphatic rings. The van der Waals surface area contributed by atoms with Crippen molar-refractivity contribution in [2.45, 2.75) is 71.8 Å². The van der Waals surface area contributed by atoms with Gasteiger partial charge in [0.25, 0.3) is 0 Å². The molecule has 0 aromatic rings. The van der Waals surface area contributed by atoms with E-state index in [9.17, 15) is 0 Å². The fraction of sp³-hybridized carbons (Fsp3) is 0.929. The molecule has 3 heteroatoms. The highest BCUT2D eigenvalue weighted by molar-refractivity contribution is 5.78. The van der Waals surface area contributed by atoms with Crippen LogP contribution in [-0.4, -0.2) is 18.5 Å². The molecule has 0 aliphatic heterocycles.